The zero-order valence-corrected chi connectivity index (χ0v) is 17.9. The number of hydrogen-bond acceptors (Lipinski definition) is 5. The van der Waals surface area contributed by atoms with Crippen LogP contribution >= 0.6 is 22.7 Å². The van der Waals surface area contributed by atoms with Crippen LogP contribution in [0.1, 0.15) is 27.4 Å². The lowest BCUT2D eigenvalue weighted by Gasteiger charge is -2.13. The van der Waals surface area contributed by atoms with E-state index in [4.69, 9.17) is 0 Å². The molecule has 3 aromatic rings. The summed E-state index contributed by atoms with van der Waals surface area (Å²) < 4.78 is 40.1. The van der Waals surface area contributed by atoms with Crippen molar-refractivity contribution in [1.29, 1.82) is 0 Å². The lowest BCUT2D eigenvalue weighted by Crippen LogP contribution is -2.27. The molecule has 1 N–H and O–H groups in total. The maximum atomic E-state index is 13.1. The Bertz CT molecular complexity index is 1110. The van der Waals surface area contributed by atoms with Gasteiger partial charge < -0.3 is 5.32 Å². The fourth-order valence-electron chi connectivity index (χ4n) is 3.13. The Balaban J connectivity index is 1.39. The van der Waals surface area contributed by atoms with Crippen LogP contribution in [0.3, 0.4) is 0 Å². The van der Waals surface area contributed by atoms with E-state index < -0.39 is 10.0 Å². The highest BCUT2D eigenvalue weighted by molar-refractivity contribution is 7.91. The van der Waals surface area contributed by atoms with Crippen LogP contribution in [0.15, 0.2) is 52.7 Å². The van der Waals surface area contributed by atoms with Gasteiger partial charge in [-0.3, -0.25) is 4.79 Å². The molecule has 9 heteroatoms. The van der Waals surface area contributed by atoms with Crippen LogP contribution in [0, 0.1) is 5.82 Å². The number of hydrogen-bond donors (Lipinski definition) is 1. The molecule has 1 aliphatic heterocycles. The van der Waals surface area contributed by atoms with E-state index >= 15 is 0 Å². The van der Waals surface area contributed by atoms with Gasteiger partial charge in [-0.2, -0.15) is 4.31 Å². The molecule has 0 unspecified atom stereocenters. The second-order valence-corrected chi connectivity index (χ2v) is 11.1. The molecule has 0 saturated carbocycles. The summed E-state index contributed by atoms with van der Waals surface area (Å²) >= 11 is 2.52. The molecular formula is C20H19FN2O3S3. The summed E-state index contributed by atoms with van der Waals surface area (Å²) in [6.45, 7) is 1.41. The molecule has 0 atom stereocenters. The summed E-state index contributed by atoms with van der Waals surface area (Å²) in [6, 6.07) is 13.0. The number of nitrogens with one attached hydrogen (secondary N) is 1. The summed E-state index contributed by atoms with van der Waals surface area (Å²) in [5, 5.41) is 2.84. The normalized spacial score (nSPS) is 14.9. The Kier molecular flexibility index (Phi) is 5.82. The number of halogens is 1. The molecule has 1 aromatic carbocycles. The second-order valence-electron chi connectivity index (χ2n) is 6.69. The van der Waals surface area contributed by atoms with Gasteiger partial charge in [-0.05, 0) is 54.8 Å². The Labute approximate surface area is 176 Å². The number of nitrogens with zero attached hydrogens (tertiary/aromatic N) is 1. The Morgan fingerprint density at radius 3 is 2.45 bits per heavy atom. The third-order valence-corrected chi connectivity index (χ3v) is 9.26. The molecule has 3 heterocycles. The third-order valence-electron chi connectivity index (χ3n) is 4.68. The predicted octanol–water partition coefficient (Wildman–Crippen LogP) is 4.33. The van der Waals surface area contributed by atoms with E-state index in [1.807, 2.05) is 6.07 Å². The molecule has 0 radical (unpaired) electrons. The van der Waals surface area contributed by atoms with Crippen molar-refractivity contribution < 1.29 is 17.6 Å². The highest BCUT2D eigenvalue weighted by Crippen LogP contribution is 2.29. The van der Waals surface area contributed by atoms with Gasteiger partial charge in [-0.15, -0.1) is 22.7 Å². The number of amides is 1. The molecule has 1 fully saturated rings. The van der Waals surface area contributed by atoms with Gasteiger partial charge in [0.25, 0.3) is 15.9 Å². The first-order chi connectivity index (χ1) is 13.9. The molecule has 152 valence electrons. The van der Waals surface area contributed by atoms with Gasteiger partial charge in [-0.1, -0.05) is 12.1 Å². The standard InChI is InChI=1S/C20H19FN2O3S3/c21-15-5-3-14(4-6-15)17-8-9-18(28-17)20(24)22-13-16-7-10-19(27-16)29(25,26)23-11-1-2-12-23/h3-10H,1-2,11-13H2,(H,22,24). The summed E-state index contributed by atoms with van der Waals surface area (Å²) in [7, 11) is -3.42. The van der Waals surface area contributed by atoms with Gasteiger partial charge >= 0.3 is 0 Å². The maximum absolute atomic E-state index is 13.1. The molecule has 0 aliphatic carbocycles. The molecule has 5 nitrogen and oxygen atoms in total. The molecule has 2 aromatic heterocycles. The molecular weight excluding hydrogens is 431 g/mol. The smallest absolute Gasteiger partial charge is 0.261 e. The van der Waals surface area contributed by atoms with Crippen LogP contribution in [0.25, 0.3) is 10.4 Å². The zero-order chi connectivity index (χ0) is 20.4. The van der Waals surface area contributed by atoms with Crippen molar-refractivity contribution in [3.63, 3.8) is 0 Å². The number of thiophene rings is 2. The molecule has 1 amide bonds. The fourth-order valence-corrected chi connectivity index (χ4v) is 7.03. The van der Waals surface area contributed by atoms with Gasteiger partial charge in [0.05, 0.1) is 11.4 Å². The van der Waals surface area contributed by atoms with Gasteiger partial charge in [0.15, 0.2) is 0 Å². The maximum Gasteiger partial charge on any atom is 0.261 e. The fraction of sp³-hybridized carbons (Fsp3) is 0.250. The average Bonchev–Trinajstić information content (AvgIpc) is 3.48. The second kappa shape index (κ2) is 8.35. The monoisotopic (exact) mass is 450 g/mol. The van der Waals surface area contributed by atoms with E-state index in [0.29, 0.717) is 22.2 Å². The lowest BCUT2D eigenvalue weighted by molar-refractivity contribution is 0.0955. The van der Waals surface area contributed by atoms with E-state index in [1.54, 1.807) is 30.3 Å². The highest BCUT2D eigenvalue weighted by atomic mass is 32.2. The van der Waals surface area contributed by atoms with Crippen molar-refractivity contribution in [2.24, 2.45) is 0 Å². The zero-order valence-electron chi connectivity index (χ0n) is 15.4. The van der Waals surface area contributed by atoms with Crippen LogP contribution < -0.4 is 5.32 Å². The van der Waals surface area contributed by atoms with E-state index in [1.165, 1.54) is 39.1 Å². The number of carbonyl (C=O) groups excluding carboxylic acids is 1. The number of carbonyl (C=O) groups is 1. The van der Waals surface area contributed by atoms with Crippen molar-refractivity contribution >= 4 is 38.6 Å². The summed E-state index contributed by atoms with van der Waals surface area (Å²) in [6.07, 6.45) is 1.79. The van der Waals surface area contributed by atoms with Gasteiger partial charge in [0.1, 0.15) is 10.0 Å². The minimum atomic E-state index is -3.42. The van der Waals surface area contributed by atoms with E-state index in [0.717, 1.165) is 28.2 Å². The topological polar surface area (TPSA) is 66.5 Å². The first-order valence-electron chi connectivity index (χ1n) is 9.16. The first kappa shape index (κ1) is 20.2. The summed E-state index contributed by atoms with van der Waals surface area (Å²) in [4.78, 5) is 14.7. The summed E-state index contributed by atoms with van der Waals surface area (Å²) in [5.74, 6) is -0.522. The van der Waals surface area contributed by atoms with Crippen LogP contribution in [0.4, 0.5) is 4.39 Å². The quantitative estimate of drug-likeness (QED) is 0.608. The molecule has 1 saturated heterocycles. The van der Waals surface area contributed by atoms with Crippen LogP contribution in [-0.2, 0) is 16.6 Å². The van der Waals surface area contributed by atoms with Crippen molar-refractivity contribution in [2.75, 3.05) is 13.1 Å². The Morgan fingerprint density at radius 1 is 1.00 bits per heavy atom. The van der Waals surface area contributed by atoms with Crippen LogP contribution in [-0.4, -0.2) is 31.7 Å². The number of sulfonamides is 1. The molecule has 1 aliphatic rings. The van der Waals surface area contributed by atoms with E-state index in [-0.39, 0.29) is 18.3 Å². The van der Waals surface area contributed by atoms with Gasteiger partial charge in [-0.25, -0.2) is 12.8 Å². The molecule has 4 rings (SSSR count). The Hall–Kier alpha value is -2.07. The first-order valence-corrected chi connectivity index (χ1v) is 12.2. The number of rotatable bonds is 6. The van der Waals surface area contributed by atoms with Gasteiger partial charge in [0.2, 0.25) is 0 Å². The minimum Gasteiger partial charge on any atom is -0.346 e. The van der Waals surface area contributed by atoms with Crippen molar-refractivity contribution in [2.45, 2.75) is 23.6 Å². The molecule has 29 heavy (non-hydrogen) atoms. The highest BCUT2D eigenvalue weighted by Gasteiger charge is 2.28. The Morgan fingerprint density at radius 2 is 1.72 bits per heavy atom. The van der Waals surface area contributed by atoms with E-state index in [9.17, 15) is 17.6 Å². The minimum absolute atomic E-state index is 0.222. The predicted molar refractivity (Wildman–Crippen MR) is 113 cm³/mol. The molecule has 0 spiro atoms. The van der Waals surface area contributed by atoms with Crippen molar-refractivity contribution in [3.8, 4) is 10.4 Å². The largest absolute Gasteiger partial charge is 0.346 e. The van der Waals surface area contributed by atoms with Crippen molar-refractivity contribution in [1.82, 2.24) is 9.62 Å². The lowest BCUT2D eigenvalue weighted by atomic mass is 10.2. The third kappa shape index (κ3) is 4.42. The van der Waals surface area contributed by atoms with Crippen molar-refractivity contribution in [3.05, 3.63) is 64.1 Å². The molecule has 0 bridgehead atoms. The number of benzene rings is 1. The van der Waals surface area contributed by atoms with Crippen LogP contribution in [0.2, 0.25) is 0 Å². The SMILES string of the molecule is O=C(NCc1ccc(S(=O)(=O)N2CCCC2)s1)c1ccc(-c2ccc(F)cc2)s1. The van der Waals surface area contributed by atoms with E-state index in [2.05, 4.69) is 5.32 Å². The van der Waals surface area contributed by atoms with Gasteiger partial charge in [0, 0.05) is 22.8 Å². The summed E-state index contributed by atoms with van der Waals surface area (Å²) in [5.41, 5.74) is 0.852. The van der Waals surface area contributed by atoms with Crippen LogP contribution in [0.5, 0.6) is 0 Å². The average molecular weight is 451 g/mol.